The molecular weight excluding hydrogens is 340 g/mol. The van der Waals surface area contributed by atoms with Crippen LogP contribution in [0.2, 0.25) is 0 Å². The second-order valence-corrected chi connectivity index (χ2v) is 7.17. The summed E-state index contributed by atoms with van der Waals surface area (Å²) in [5.41, 5.74) is 2.52. The number of rotatable bonds is 5. The lowest BCUT2D eigenvalue weighted by Crippen LogP contribution is -2.47. The number of hydrogen-bond donors (Lipinski definition) is 0. The van der Waals surface area contributed by atoms with Gasteiger partial charge in [-0.3, -0.25) is 4.79 Å². The summed E-state index contributed by atoms with van der Waals surface area (Å²) < 4.78 is 1.55. The summed E-state index contributed by atoms with van der Waals surface area (Å²) in [6, 6.07) is 14.2. The summed E-state index contributed by atoms with van der Waals surface area (Å²) in [4.78, 5) is 17.7. The molecule has 0 bridgehead atoms. The summed E-state index contributed by atoms with van der Waals surface area (Å²) in [5.74, 6) is 0.0536. The maximum atomic E-state index is 13.3. The van der Waals surface area contributed by atoms with E-state index in [0.717, 1.165) is 32.4 Å². The van der Waals surface area contributed by atoms with Crippen LogP contribution in [0.3, 0.4) is 0 Å². The minimum atomic E-state index is 0.0536. The van der Waals surface area contributed by atoms with Crippen molar-refractivity contribution in [3.63, 3.8) is 0 Å². The van der Waals surface area contributed by atoms with E-state index in [1.807, 2.05) is 29.2 Å². The number of carbonyl (C=O) groups excluding carboxylic acids is 1. The van der Waals surface area contributed by atoms with Crippen LogP contribution in [-0.4, -0.2) is 68.5 Å². The van der Waals surface area contributed by atoms with E-state index in [2.05, 4.69) is 39.6 Å². The lowest BCUT2D eigenvalue weighted by molar-refractivity contribution is 0.0594. The SMILES string of the molecule is CN1CCC(N(CCc2ccccc2)C(=O)c2ccc3nnnn3c2)CC1. The van der Waals surface area contributed by atoms with Crippen LogP contribution in [0.5, 0.6) is 0 Å². The first-order valence-electron chi connectivity index (χ1n) is 9.42. The van der Waals surface area contributed by atoms with Gasteiger partial charge < -0.3 is 9.80 Å². The largest absolute Gasteiger partial charge is 0.335 e. The Morgan fingerprint density at radius 3 is 2.70 bits per heavy atom. The van der Waals surface area contributed by atoms with E-state index < -0.39 is 0 Å². The van der Waals surface area contributed by atoms with Gasteiger partial charge in [-0.05, 0) is 67.5 Å². The fourth-order valence-electron chi connectivity index (χ4n) is 3.68. The number of pyridine rings is 1. The van der Waals surface area contributed by atoms with Crippen LogP contribution in [-0.2, 0) is 6.42 Å². The number of amides is 1. The first-order valence-corrected chi connectivity index (χ1v) is 9.42. The molecule has 0 radical (unpaired) electrons. The highest BCUT2D eigenvalue weighted by Crippen LogP contribution is 2.19. The van der Waals surface area contributed by atoms with Gasteiger partial charge in [0.15, 0.2) is 5.65 Å². The molecule has 0 spiro atoms. The summed E-state index contributed by atoms with van der Waals surface area (Å²) >= 11 is 0. The maximum Gasteiger partial charge on any atom is 0.255 e. The molecule has 3 heterocycles. The molecule has 140 valence electrons. The third kappa shape index (κ3) is 3.98. The smallest absolute Gasteiger partial charge is 0.255 e. The number of piperidine rings is 1. The van der Waals surface area contributed by atoms with Gasteiger partial charge in [0.25, 0.3) is 5.91 Å². The van der Waals surface area contributed by atoms with Crippen LogP contribution in [0, 0.1) is 0 Å². The molecule has 7 nitrogen and oxygen atoms in total. The lowest BCUT2D eigenvalue weighted by Gasteiger charge is -2.37. The molecule has 0 saturated carbocycles. The molecule has 0 atom stereocenters. The van der Waals surface area contributed by atoms with Crippen LogP contribution in [0.15, 0.2) is 48.7 Å². The Hall–Kier alpha value is -2.80. The monoisotopic (exact) mass is 364 g/mol. The molecule has 7 heteroatoms. The predicted octanol–water partition coefficient (Wildman–Crippen LogP) is 1.90. The molecule has 1 amide bonds. The van der Waals surface area contributed by atoms with Crippen molar-refractivity contribution in [1.82, 2.24) is 29.8 Å². The highest BCUT2D eigenvalue weighted by atomic mass is 16.2. The topological polar surface area (TPSA) is 66.6 Å². The van der Waals surface area contributed by atoms with Crippen LogP contribution < -0.4 is 0 Å². The molecule has 0 N–H and O–H groups in total. The Balaban J connectivity index is 1.56. The summed E-state index contributed by atoms with van der Waals surface area (Å²) in [6.45, 7) is 2.75. The molecular formula is C20H24N6O. The van der Waals surface area contributed by atoms with Crippen molar-refractivity contribution in [2.45, 2.75) is 25.3 Å². The van der Waals surface area contributed by atoms with Gasteiger partial charge in [-0.1, -0.05) is 30.3 Å². The quantitative estimate of drug-likeness (QED) is 0.692. The van der Waals surface area contributed by atoms with Crippen molar-refractivity contribution in [2.75, 3.05) is 26.7 Å². The van der Waals surface area contributed by atoms with E-state index in [1.54, 1.807) is 16.8 Å². The number of hydrogen-bond acceptors (Lipinski definition) is 5. The average molecular weight is 364 g/mol. The van der Waals surface area contributed by atoms with E-state index in [0.29, 0.717) is 17.8 Å². The Labute approximate surface area is 158 Å². The maximum absolute atomic E-state index is 13.3. The van der Waals surface area contributed by atoms with Crippen LogP contribution in [0.25, 0.3) is 5.65 Å². The summed E-state index contributed by atoms with van der Waals surface area (Å²) in [6.07, 6.45) is 4.59. The fraction of sp³-hybridized carbons (Fsp3) is 0.400. The van der Waals surface area contributed by atoms with Crippen molar-refractivity contribution in [1.29, 1.82) is 0 Å². The molecule has 4 rings (SSSR count). The molecule has 1 aliphatic heterocycles. The van der Waals surface area contributed by atoms with Crippen molar-refractivity contribution < 1.29 is 4.79 Å². The number of fused-ring (bicyclic) bond motifs is 1. The Morgan fingerprint density at radius 1 is 1.15 bits per heavy atom. The van der Waals surface area contributed by atoms with Crippen molar-refractivity contribution >= 4 is 11.6 Å². The van der Waals surface area contributed by atoms with Crippen LogP contribution in [0.4, 0.5) is 0 Å². The fourth-order valence-corrected chi connectivity index (χ4v) is 3.68. The van der Waals surface area contributed by atoms with Crippen LogP contribution in [0.1, 0.15) is 28.8 Å². The van der Waals surface area contributed by atoms with Crippen LogP contribution >= 0.6 is 0 Å². The van der Waals surface area contributed by atoms with E-state index >= 15 is 0 Å². The molecule has 3 aromatic rings. The number of tetrazole rings is 1. The zero-order chi connectivity index (χ0) is 18.6. The minimum absolute atomic E-state index is 0.0536. The minimum Gasteiger partial charge on any atom is -0.335 e. The second kappa shape index (κ2) is 7.84. The third-order valence-corrected chi connectivity index (χ3v) is 5.31. The molecule has 1 aliphatic rings. The predicted molar refractivity (Wildman–Crippen MR) is 102 cm³/mol. The van der Waals surface area contributed by atoms with Gasteiger partial charge in [-0.25, -0.2) is 0 Å². The summed E-state index contributed by atoms with van der Waals surface area (Å²) in [5, 5.41) is 11.5. The number of benzene rings is 1. The highest BCUT2D eigenvalue weighted by Gasteiger charge is 2.27. The number of likely N-dealkylation sites (tertiary alicyclic amines) is 1. The lowest BCUT2D eigenvalue weighted by atomic mass is 10.0. The van der Waals surface area contributed by atoms with E-state index in [1.165, 1.54) is 5.56 Å². The van der Waals surface area contributed by atoms with Gasteiger partial charge in [-0.2, -0.15) is 4.52 Å². The first-order chi connectivity index (χ1) is 13.2. The van der Waals surface area contributed by atoms with Gasteiger partial charge in [0, 0.05) is 18.8 Å². The first kappa shape index (κ1) is 17.6. The van der Waals surface area contributed by atoms with E-state index in [9.17, 15) is 4.79 Å². The third-order valence-electron chi connectivity index (χ3n) is 5.31. The second-order valence-electron chi connectivity index (χ2n) is 7.17. The zero-order valence-electron chi connectivity index (χ0n) is 15.5. The van der Waals surface area contributed by atoms with Gasteiger partial charge in [0.05, 0.1) is 5.56 Å². The van der Waals surface area contributed by atoms with Gasteiger partial charge in [0.2, 0.25) is 0 Å². The van der Waals surface area contributed by atoms with Crippen molar-refractivity contribution in [3.05, 3.63) is 59.8 Å². The van der Waals surface area contributed by atoms with Crippen molar-refractivity contribution in [2.24, 2.45) is 0 Å². The Kier molecular flexibility index (Phi) is 5.11. The summed E-state index contributed by atoms with van der Waals surface area (Å²) in [7, 11) is 2.14. The average Bonchev–Trinajstić information content (AvgIpc) is 3.18. The number of nitrogens with zero attached hydrogens (tertiary/aromatic N) is 6. The Bertz CT molecular complexity index is 901. The molecule has 1 saturated heterocycles. The zero-order valence-corrected chi connectivity index (χ0v) is 15.5. The van der Waals surface area contributed by atoms with Gasteiger partial charge in [-0.15, -0.1) is 5.10 Å². The van der Waals surface area contributed by atoms with E-state index in [-0.39, 0.29) is 11.9 Å². The van der Waals surface area contributed by atoms with Gasteiger partial charge >= 0.3 is 0 Å². The van der Waals surface area contributed by atoms with E-state index in [4.69, 9.17) is 0 Å². The standard InChI is InChI=1S/C20H24N6O/c1-24-12-10-18(11-13-24)25(14-9-16-5-3-2-4-6-16)20(27)17-7-8-19-21-22-23-26(19)15-17/h2-8,15,18H,9-14H2,1H3. The molecule has 2 aromatic heterocycles. The molecule has 1 aromatic carbocycles. The van der Waals surface area contributed by atoms with Crippen molar-refractivity contribution in [3.8, 4) is 0 Å². The normalized spacial score (nSPS) is 15.9. The number of carbonyl (C=O) groups is 1. The highest BCUT2D eigenvalue weighted by molar-refractivity contribution is 5.94. The molecule has 1 fully saturated rings. The number of aromatic nitrogens is 4. The molecule has 27 heavy (non-hydrogen) atoms. The molecule has 0 aliphatic carbocycles. The Morgan fingerprint density at radius 2 is 1.93 bits per heavy atom. The molecule has 0 unspecified atom stereocenters. The van der Waals surface area contributed by atoms with Gasteiger partial charge in [0.1, 0.15) is 0 Å².